The number of piperazine rings is 1. The molecule has 0 aromatic heterocycles. The van der Waals surface area contributed by atoms with Crippen LogP contribution >= 0.6 is 12.4 Å². The number of primary amides is 1. The molecule has 0 aromatic carbocycles. The number of urea groups is 1. The summed E-state index contributed by atoms with van der Waals surface area (Å²) >= 11 is 0. The van der Waals surface area contributed by atoms with Gasteiger partial charge >= 0.3 is 6.03 Å². The molecule has 1 aliphatic rings. The number of halogens is 1. The van der Waals surface area contributed by atoms with Crippen molar-refractivity contribution in [2.24, 2.45) is 11.7 Å². The third-order valence-corrected chi connectivity index (χ3v) is 2.34. The summed E-state index contributed by atoms with van der Waals surface area (Å²) in [5.74, 6) is 0.463. The van der Waals surface area contributed by atoms with E-state index < -0.39 is 0 Å². The lowest BCUT2D eigenvalue weighted by atomic mass is 10.0. The second-order valence-corrected chi connectivity index (χ2v) is 3.55. The number of rotatable bonds is 1. The van der Waals surface area contributed by atoms with Gasteiger partial charge in [-0.3, -0.25) is 0 Å². The quantitative estimate of drug-likeness (QED) is 0.655. The van der Waals surface area contributed by atoms with Crippen LogP contribution in [0.1, 0.15) is 13.8 Å². The molecular formula is C8H18ClN3O. The average molecular weight is 208 g/mol. The van der Waals surface area contributed by atoms with E-state index in [9.17, 15) is 4.79 Å². The van der Waals surface area contributed by atoms with E-state index in [-0.39, 0.29) is 24.5 Å². The molecule has 1 fully saturated rings. The van der Waals surface area contributed by atoms with Gasteiger partial charge in [-0.2, -0.15) is 0 Å². The SMILES string of the molecule is CC(C)C1CNCCN1C(N)=O.Cl. The molecule has 5 heteroatoms. The molecule has 0 aromatic rings. The zero-order chi connectivity index (χ0) is 9.14. The summed E-state index contributed by atoms with van der Waals surface area (Å²) in [5, 5.41) is 3.25. The smallest absolute Gasteiger partial charge is 0.315 e. The molecule has 1 rings (SSSR count). The van der Waals surface area contributed by atoms with Crippen LogP contribution in [0.2, 0.25) is 0 Å². The van der Waals surface area contributed by atoms with Crippen molar-refractivity contribution in [2.75, 3.05) is 19.6 Å². The Morgan fingerprint density at radius 2 is 2.23 bits per heavy atom. The van der Waals surface area contributed by atoms with Gasteiger partial charge in [0, 0.05) is 25.7 Å². The highest BCUT2D eigenvalue weighted by atomic mass is 35.5. The number of amides is 2. The van der Waals surface area contributed by atoms with Crippen LogP contribution in [0.25, 0.3) is 0 Å². The molecule has 2 amide bonds. The first-order chi connectivity index (χ1) is 5.63. The minimum Gasteiger partial charge on any atom is -0.351 e. The highest BCUT2D eigenvalue weighted by Gasteiger charge is 2.26. The monoisotopic (exact) mass is 207 g/mol. The number of nitrogens with zero attached hydrogens (tertiary/aromatic N) is 1. The van der Waals surface area contributed by atoms with E-state index in [1.807, 2.05) is 0 Å². The van der Waals surface area contributed by atoms with Crippen LogP contribution in [0.4, 0.5) is 4.79 Å². The van der Waals surface area contributed by atoms with Crippen molar-refractivity contribution in [1.82, 2.24) is 10.2 Å². The number of nitrogens with two attached hydrogens (primary N) is 1. The molecule has 1 aliphatic heterocycles. The van der Waals surface area contributed by atoms with Gasteiger partial charge in [0.05, 0.1) is 0 Å². The predicted octanol–water partition coefficient (Wildman–Crippen LogP) is 0.417. The van der Waals surface area contributed by atoms with Crippen LogP contribution in [0, 0.1) is 5.92 Å². The minimum atomic E-state index is -0.296. The molecule has 1 unspecified atom stereocenters. The zero-order valence-corrected chi connectivity index (χ0v) is 8.93. The molecule has 3 N–H and O–H groups in total. The van der Waals surface area contributed by atoms with E-state index in [1.54, 1.807) is 4.90 Å². The molecule has 0 saturated carbocycles. The van der Waals surface area contributed by atoms with Crippen LogP contribution in [-0.4, -0.2) is 36.6 Å². The lowest BCUT2D eigenvalue weighted by molar-refractivity contribution is 0.143. The Kier molecular flexibility index (Phi) is 5.10. The molecule has 1 heterocycles. The van der Waals surface area contributed by atoms with Crippen molar-refractivity contribution in [3.05, 3.63) is 0 Å². The average Bonchev–Trinajstić information content (AvgIpc) is 2.04. The maximum absolute atomic E-state index is 11.0. The second-order valence-electron chi connectivity index (χ2n) is 3.55. The van der Waals surface area contributed by atoms with Crippen molar-refractivity contribution < 1.29 is 4.79 Å². The van der Waals surface area contributed by atoms with Gasteiger partial charge in [-0.15, -0.1) is 12.4 Å². The van der Waals surface area contributed by atoms with Crippen LogP contribution < -0.4 is 11.1 Å². The van der Waals surface area contributed by atoms with Gasteiger partial charge in [-0.05, 0) is 5.92 Å². The first kappa shape index (κ1) is 12.5. The Balaban J connectivity index is 0.00000144. The highest BCUT2D eigenvalue weighted by molar-refractivity contribution is 5.85. The van der Waals surface area contributed by atoms with Crippen molar-refractivity contribution in [3.63, 3.8) is 0 Å². The Labute approximate surface area is 85.3 Å². The molecule has 1 atom stereocenters. The van der Waals surface area contributed by atoms with Gasteiger partial charge in [0.25, 0.3) is 0 Å². The minimum absolute atomic E-state index is 0. The number of nitrogens with one attached hydrogen (secondary N) is 1. The van der Waals surface area contributed by atoms with Gasteiger partial charge in [0.1, 0.15) is 0 Å². The van der Waals surface area contributed by atoms with Crippen LogP contribution in [0.3, 0.4) is 0 Å². The Morgan fingerprint density at radius 3 is 2.62 bits per heavy atom. The first-order valence-electron chi connectivity index (χ1n) is 4.39. The summed E-state index contributed by atoms with van der Waals surface area (Å²) in [6.45, 7) is 6.66. The summed E-state index contributed by atoms with van der Waals surface area (Å²) in [5.41, 5.74) is 5.25. The molecule has 0 aliphatic carbocycles. The van der Waals surface area contributed by atoms with E-state index in [4.69, 9.17) is 5.73 Å². The number of carbonyl (C=O) groups is 1. The van der Waals surface area contributed by atoms with Gasteiger partial charge in [-0.25, -0.2) is 4.79 Å². The molecule has 0 spiro atoms. The predicted molar refractivity (Wildman–Crippen MR) is 55.0 cm³/mol. The van der Waals surface area contributed by atoms with Crippen molar-refractivity contribution in [3.8, 4) is 0 Å². The number of carbonyl (C=O) groups excluding carboxylic acids is 1. The van der Waals surface area contributed by atoms with Crippen molar-refractivity contribution >= 4 is 18.4 Å². The zero-order valence-electron chi connectivity index (χ0n) is 8.12. The summed E-state index contributed by atoms with van der Waals surface area (Å²) in [4.78, 5) is 12.7. The molecule has 4 nitrogen and oxygen atoms in total. The van der Waals surface area contributed by atoms with Crippen LogP contribution in [0.15, 0.2) is 0 Å². The molecule has 1 saturated heterocycles. The Hall–Kier alpha value is -0.480. The third-order valence-electron chi connectivity index (χ3n) is 2.34. The topological polar surface area (TPSA) is 58.4 Å². The van der Waals surface area contributed by atoms with Crippen LogP contribution in [0.5, 0.6) is 0 Å². The molecule has 0 radical (unpaired) electrons. The van der Waals surface area contributed by atoms with Gasteiger partial charge in [-0.1, -0.05) is 13.8 Å². The summed E-state index contributed by atoms with van der Waals surface area (Å²) in [6.07, 6.45) is 0. The molecule has 0 bridgehead atoms. The fourth-order valence-electron chi connectivity index (χ4n) is 1.59. The maximum atomic E-state index is 11.0. The van der Waals surface area contributed by atoms with E-state index in [2.05, 4.69) is 19.2 Å². The van der Waals surface area contributed by atoms with E-state index in [0.29, 0.717) is 5.92 Å². The summed E-state index contributed by atoms with van der Waals surface area (Å²) in [6, 6.07) is -0.0357. The second kappa shape index (κ2) is 5.29. The highest BCUT2D eigenvalue weighted by Crippen LogP contribution is 2.11. The van der Waals surface area contributed by atoms with Gasteiger partial charge in [0.15, 0.2) is 0 Å². The summed E-state index contributed by atoms with van der Waals surface area (Å²) in [7, 11) is 0. The van der Waals surface area contributed by atoms with E-state index in [0.717, 1.165) is 19.6 Å². The fourth-order valence-corrected chi connectivity index (χ4v) is 1.59. The lowest BCUT2D eigenvalue weighted by Gasteiger charge is -2.37. The molecule has 13 heavy (non-hydrogen) atoms. The Bertz CT molecular complexity index is 175. The maximum Gasteiger partial charge on any atom is 0.315 e. The van der Waals surface area contributed by atoms with Crippen molar-refractivity contribution in [2.45, 2.75) is 19.9 Å². The van der Waals surface area contributed by atoms with Gasteiger partial charge in [0.2, 0.25) is 0 Å². The van der Waals surface area contributed by atoms with E-state index >= 15 is 0 Å². The normalized spacial score (nSPS) is 22.7. The standard InChI is InChI=1S/C8H17N3O.ClH/c1-6(2)7-5-10-3-4-11(7)8(9)12;/h6-7,10H,3-5H2,1-2H3,(H2,9,12);1H. The van der Waals surface area contributed by atoms with Gasteiger partial charge < -0.3 is 16.0 Å². The van der Waals surface area contributed by atoms with Crippen LogP contribution in [-0.2, 0) is 0 Å². The third kappa shape index (κ3) is 3.04. The van der Waals surface area contributed by atoms with E-state index in [1.165, 1.54) is 0 Å². The Morgan fingerprint density at radius 1 is 1.62 bits per heavy atom. The summed E-state index contributed by atoms with van der Waals surface area (Å²) < 4.78 is 0. The fraction of sp³-hybridized carbons (Fsp3) is 0.875. The number of hydrogen-bond acceptors (Lipinski definition) is 2. The number of hydrogen-bond donors (Lipinski definition) is 2. The first-order valence-corrected chi connectivity index (χ1v) is 4.39. The molecular weight excluding hydrogens is 190 g/mol. The molecule has 78 valence electrons. The van der Waals surface area contributed by atoms with Crippen molar-refractivity contribution in [1.29, 1.82) is 0 Å². The largest absolute Gasteiger partial charge is 0.351 e. The lowest BCUT2D eigenvalue weighted by Crippen LogP contribution is -2.57.